The zero-order chi connectivity index (χ0) is 17.6. The summed E-state index contributed by atoms with van der Waals surface area (Å²) in [6, 6.07) is 4.94. The molecule has 0 aliphatic heterocycles. The Morgan fingerprint density at radius 1 is 0.958 bits per heavy atom. The maximum Gasteiger partial charge on any atom is 0.224 e. The number of carbonyl (C=O) groups excluding carboxylic acids is 1. The number of hydrogen-bond donors (Lipinski definition) is 1. The van der Waals surface area contributed by atoms with E-state index in [1.54, 1.807) is 18.2 Å². The van der Waals surface area contributed by atoms with Gasteiger partial charge >= 0.3 is 0 Å². The summed E-state index contributed by atoms with van der Waals surface area (Å²) in [6.45, 7) is 2.25. The van der Waals surface area contributed by atoms with Crippen LogP contribution in [0.3, 0.4) is 0 Å². The molecule has 2 N–H and O–H groups in total. The lowest BCUT2D eigenvalue weighted by Gasteiger charge is -2.06. The molecule has 1 aromatic carbocycles. The molecule has 0 aromatic heterocycles. The lowest BCUT2D eigenvalue weighted by atomic mass is 10.1. The third-order valence-electron chi connectivity index (χ3n) is 4.26. The van der Waals surface area contributed by atoms with Gasteiger partial charge in [-0.05, 0) is 24.6 Å². The molecule has 0 unspecified atom stereocenters. The maximum atomic E-state index is 11.9. The van der Waals surface area contributed by atoms with E-state index in [2.05, 4.69) is 12.2 Å². The number of unbranched alkanes of at least 4 members (excludes halogenated alkanes) is 10. The lowest BCUT2D eigenvalue weighted by molar-refractivity contribution is -0.116. The second kappa shape index (κ2) is 13.1. The van der Waals surface area contributed by atoms with Gasteiger partial charge in [0.05, 0.1) is 10.7 Å². The van der Waals surface area contributed by atoms with E-state index in [1.807, 2.05) is 0 Å². The number of rotatable bonds is 13. The van der Waals surface area contributed by atoms with Crippen LogP contribution in [0.2, 0.25) is 5.02 Å². The number of amides is 1. The van der Waals surface area contributed by atoms with Crippen LogP contribution in [-0.4, -0.2) is 5.91 Å². The van der Waals surface area contributed by atoms with Gasteiger partial charge in [0, 0.05) is 12.1 Å². The standard InChI is InChI=1S/C20H32ClN2O/c1-2-3-4-5-6-7-8-9-10-11-12-13-20(24)23-17-14-15-19(22)18(21)16-17/h14-16,22H,2-13H2,1H3,(H,23,24). The Balaban J connectivity index is 1.97. The van der Waals surface area contributed by atoms with Crippen LogP contribution in [0.15, 0.2) is 18.2 Å². The topological polar surface area (TPSA) is 52.9 Å². The normalized spacial score (nSPS) is 10.8. The van der Waals surface area contributed by atoms with Crippen molar-refractivity contribution in [2.45, 2.75) is 84.0 Å². The fourth-order valence-electron chi connectivity index (χ4n) is 2.77. The van der Waals surface area contributed by atoms with E-state index in [1.165, 1.54) is 57.8 Å². The first-order valence-corrected chi connectivity index (χ1v) is 9.82. The first kappa shape index (κ1) is 20.8. The average Bonchev–Trinajstić information content (AvgIpc) is 2.56. The molecule has 0 aliphatic rings. The number of benzene rings is 1. The average molecular weight is 352 g/mol. The zero-order valence-electron chi connectivity index (χ0n) is 15.0. The fraction of sp³-hybridized carbons (Fsp3) is 0.650. The van der Waals surface area contributed by atoms with Crippen LogP contribution in [-0.2, 0) is 4.79 Å². The van der Waals surface area contributed by atoms with E-state index in [0.717, 1.165) is 12.8 Å². The third-order valence-corrected chi connectivity index (χ3v) is 4.57. The van der Waals surface area contributed by atoms with E-state index >= 15 is 0 Å². The van der Waals surface area contributed by atoms with Crippen molar-refractivity contribution in [3.63, 3.8) is 0 Å². The van der Waals surface area contributed by atoms with E-state index in [0.29, 0.717) is 17.1 Å². The van der Waals surface area contributed by atoms with Crippen molar-refractivity contribution in [3.05, 3.63) is 23.2 Å². The third kappa shape index (κ3) is 9.82. The molecule has 0 aliphatic carbocycles. The van der Waals surface area contributed by atoms with Gasteiger partial charge in [0.15, 0.2) is 0 Å². The molecule has 0 heterocycles. The van der Waals surface area contributed by atoms with Gasteiger partial charge in [-0.3, -0.25) is 10.5 Å². The van der Waals surface area contributed by atoms with Crippen molar-refractivity contribution in [1.82, 2.24) is 5.73 Å². The quantitative estimate of drug-likeness (QED) is 0.386. The minimum atomic E-state index is 0.0275. The van der Waals surface area contributed by atoms with Crippen LogP contribution in [0.4, 0.5) is 11.4 Å². The van der Waals surface area contributed by atoms with Crippen LogP contribution in [0.5, 0.6) is 0 Å². The molecule has 1 radical (unpaired) electrons. The van der Waals surface area contributed by atoms with E-state index in [-0.39, 0.29) is 11.6 Å². The number of nitrogens with one attached hydrogen (secondary N) is 2. The van der Waals surface area contributed by atoms with Gasteiger partial charge in [-0.15, -0.1) is 0 Å². The highest BCUT2D eigenvalue weighted by molar-refractivity contribution is 6.33. The smallest absolute Gasteiger partial charge is 0.224 e. The summed E-state index contributed by atoms with van der Waals surface area (Å²) >= 11 is 5.88. The minimum absolute atomic E-state index is 0.0275. The van der Waals surface area contributed by atoms with Crippen LogP contribution in [0, 0.1) is 0 Å². The summed E-state index contributed by atoms with van der Waals surface area (Å²) in [7, 11) is 0. The molecular formula is C20H32ClN2O. The molecule has 0 saturated carbocycles. The molecule has 4 heteroatoms. The Hall–Kier alpha value is -1.22. The van der Waals surface area contributed by atoms with E-state index in [4.69, 9.17) is 17.3 Å². The maximum absolute atomic E-state index is 11.9. The Kier molecular flexibility index (Phi) is 11.4. The van der Waals surface area contributed by atoms with Gasteiger partial charge in [-0.1, -0.05) is 82.7 Å². The van der Waals surface area contributed by atoms with Crippen molar-refractivity contribution >= 4 is 28.9 Å². The van der Waals surface area contributed by atoms with E-state index in [9.17, 15) is 4.79 Å². The predicted molar refractivity (Wildman–Crippen MR) is 104 cm³/mol. The predicted octanol–water partition coefficient (Wildman–Crippen LogP) is 6.89. The van der Waals surface area contributed by atoms with Gasteiger partial charge in [-0.2, -0.15) is 0 Å². The first-order chi connectivity index (χ1) is 11.6. The van der Waals surface area contributed by atoms with Crippen molar-refractivity contribution in [3.8, 4) is 0 Å². The van der Waals surface area contributed by atoms with Gasteiger partial charge in [0.1, 0.15) is 0 Å². The Morgan fingerprint density at radius 2 is 1.50 bits per heavy atom. The van der Waals surface area contributed by atoms with Gasteiger partial charge in [-0.25, -0.2) is 0 Å². The van der Waals surface area contributed by atoms with Crippen LogP contribution < -0.4 is 11.1 Å². The van der Waals surface area contributed by atoms with Crippen molar-refractivity contribution in [2.24, 2.45) is 0 Å². The fourth-order valence-corrected chi connectivity index (χ4v) is 2.95. The molecule has 0 spiro atoms. The summed E-state index contributed by atoms with van der Waals surface area (Å²) in [5, 5.41) is 3.20. The zero-order valence-corrected chi connectivity index (χ0v) is 15.8. The number of carbonyl (C=O) groups is 1. The largest absolute Gasteiger partial charge is 0.326 e. The monoisotopic (exact) mass is 351 g/mol. The van der Waals surface area contributed by atoms with Crippen molar-refractivity contribution in [1.29, 1.82) is 0 Å². The molecule has 0 bridgehead atoms. The van der Waals surface area contributed by atoms with Crippen LogP contribution in [0.1, 0.15) is 84.0 Å². The van der Waals surface area contributed by atoms with Crippen LogP contribution in [0.25, 0.3) is 0 Å². The molecule has 24 heavy (non-hydrogen) atoms. The summed E-state index contributed by atoms with van der Waals surface area (Å²) in [5.74, 6) is 0.0275. The Morgan fingerprint density at radius 3 is 2.04 bits per heavy atom. The molecule has 1 aromatic rings. The molecular weight excluding hydrogens is 320 g/mol. The molecule has 1 rings (SSSR count). The van der Waals surface area contributed by atoms with Crippen LogP contribution >= 0.6 is 11.6 Å². The summed E-state index contributed by atoms with van der Waals surface area (Å²) in [4.78, 5) is 11.9. The molecule has 0 saturated heterocycles. The minimum Gasteiger partial charge on any atom is -0.326 e. The Labute approximate surface area is 152 Å². The SMILES string of the molecule is CCCCCCCCCCCCCC(=O)Nc1ccc([NH])c(Cl)c1. The summed E-state index contributed by atoms with van der Waals surface area (Å²) in [5.41, 5.74) is 8.45. The number of hydrogen-bond acceptors (Lipinski definition) is 1. The molecule has 0 atom stereocenters. The highest BCUT2D eigenvalue weighted by Crippen LogP contribution is 2.24. The number of halogens is 1. The van der Waals surface area contributed by atoms with Gasteiger partial charge in [0.25, 0.3) is 0 Å². The second-order valence-electron chi connectivity index (χ2n) is 6.53. The molecule has 135 valence electrons. The van der Waals surface area contributed by atoms with Gasteiger partial charge < -0.3 is 5.32 Å². The molecule has 1 amide bonds. The number of anilines is 1. The molecule has 3 nitrogen and oxygen atoms in total. The highest BCUT2D eigenvalue weighted by Gasteiger charge is 2.04. The Bertz CT molecular complexity index is 477. The highest BCUT2D eigenvalue weighted by atomic mass is 35.5. The second-order valence-corrected chi connectivity index (χ2v) is 6.94. The molecule has 0 fully saturated rings. The van der Waals surface area contributed by atoms with Crippen molar-refractivity contribution in [2.75, 3.05) is 5.32 Å². The summed E-state index contributed by atoms with van der Waals surface area (Å²) in [6.07, 6.45) is 14.7. The van der Waals surface area contributed by atoms with Gasteiger partial charge in [0.2, 0.25) is 5.91 Å². The van der Waals surface area contributed by atoms with E-state index < -0.39 is 0 Å². The summed E-state index contributed by atoms with van der Waals surface area (Å²) < 4.78 is 0. The van der Waals surface area contributed by atoms with Crippen molar-refractivity contribution < 1.29 is 4.79 Å². The lowest BCUT2D eigenvalue weighted by Crippen LogP contribution is -2.10. The first-order valence-electron chi connectivity index (χ1n) is 9.44.